The number of fused-ring (bicyclic) bond motifs is 1. The molecule has 0 aliphatic rings. The van der Waals surface area contributed by atoms with Crippen LogP contribution in [0.1, 0.15) is 45.8 Å². The van der Waals surface area contributed by atoms with Crippen molar-refractivity contribution in [2.75, 3.05) is 6.61 Å². The van der Waals surface area contributed by atoms with Crippen molar-refractivity contribution in [1.82, 2.24) is 9.99 Å². The predicted octanol–water partition coefficient (Wildman–Crippen LogP) is 9.58. The average Bonchev–Trinajstić information content (AvgIpc) is 3.72. The van der Waals surface area contributed by atoms with Gasteiger partial charge in [-0.3, -0.25) is 4.79 Å². The molecule has 0 radical (unpaired) electrons. The number of hydrogen-bond acceptors (Lipinski definition) is 6. The molecule has 1 amide bonds. The Labute approximate surface area is 292 Å². The smallest absolute Gasteiger partial charge is 0.307 e. The topological polar surface area (TPSA) is 87.2 Å². The average molecular weight is 727 g/mol. The molecule has 0 saturated heterocycles. The fourth-order valence-corrected chi connectivity index (χ4v) is 6.03. The largest absolute Gasteiger partial charge is 0.490 e. The molecule has 1 N–H and O–H groups in total. The van der Waals surface area contributed by atoms with Gasteiger partial charge in [0.1, 0.15) is 29.7 Å². The maximum atomic E-state index is 12.8. The third-order valence-electron chi connectivity index (χ3n) is 7.71. The minimum Gasteiger partial charge on any atom is -0.490 e. The highest BCUT2D eigenvalue weighted by Crippen LogP contribution is 2.43. The molecule has 6 aromatic rings. The lowest BCUT2D eigenvalue weighted by atomic mass is 10.1. The number of nitrogens with zero attached hydrogens (tertiary/aromatic N) is 2. The van der Waals surface area contributed by atoms with E-state index < -0.39 is 5.91 Å². The zero-order chi connectivity index (χ0) is 33.6. The van der Waals surface area contributed by atoms with Crippen molar-refractivity contribution in [2.45, 2.75) is 34.0 Å². The van der Waals surface area contributed by atoms with Crippen LogP contribution in [0.2, 0.25) is 5.02 Å². The van der Waals surface area contributed by atoms with Crippen molar-refractivity contribution in [3.63, 3.8) is 0 Å². The number of rotatable bonds is 12. The summed E-state index contributed by atoms with van der Waals surface area (Å²) in [6, 6.07) is 31.2. The van der Waals surface area contributed by atoms with Gasteiger partial charge in [-0.2, -0.15) is 5.10 Å². The molecular formula is C38H33BrClN3O5. The van der Waals surface area contributed by atoms with Crippen LogP contribution < -0.4 is 19.6 Å². The van der Waals surface area contributed by atoms with Crippen LogP contribution in [0.25, 0.3) is 16.5 Å². The molecule has 0 unspecified atom stereocenters. The van der Waals surface area contributed by atoms with E-state index in [1.165, 1.54) is 6.21 Å². The minimum absolute atomic E-state index is 0.101. The van der Waals surface area contributed by atoms with Crippen LogP contribution in [0.5, 0.6) is 17.2 Å². The summed E-state index contributed by atoms with van der Waals surface area (Å²) < 4.78 is 26.4. The van der Waals surface area contributed by atoms with Gasteiger partial charge in [-0.25, -0.2) is 5.43 Å². The Balaban J connectivity index is 1.07. The van der Waals surface area contributed by atoms with Gasteiger partial charge in [0.15, 0.2) is 17.3 Å². The quantitative estimate of drug-likeness (QED) is 0.100. The van der Waals surface area contributed by atoms with Gasteiger partial charge in [-0.1, -0.05) is 54.1 Å². The van der Waals surface area contributed by atoms with Gasteiger partial charge in [0.05, 0.1) is 12.8 Å². The standard InChI is InChI=1S/C38H33BrClN3O5/c1-4-45-34-20-28(35(39)36(40)37(34)47-22-27-10-7-9-26-8-5-6-11-32(26)27)21-41-42-38(44)33-19-18-31(48-33)23-46-30-16-14-29(15-17-30)43-24(2)12-13-25(43)3/h5-21H,4,22-23H2,1-3H3,(H,42,44)/b41-21+. The molecule has 2 aromatic heterocycles. The zero-order valence-electron chi connectivity index (χ0n) is 26.6. The molecule has 2 heterocycles. The van der Waals surface area contributed by atoms with Crippen LogP contribution in [0.15, 0.2) is 111 Å². The summed E-state index contributed by atoms with van der Waals surface area (Å²) >= 11 is 10.3. The molecule has 10 heteroatoms. The number of furan rings is 1. The SMILES string of the molecule is CCOc1cc(/C=N/NC(=O)c2ccc(COc3ccc(-n4c(C)ccc4C)cc3)o2)c(Br)c(Cl)c1OCc1cccc2ccccc12. The van der Waals surface area contributed by atoms with Crippen LogP contribution in [0.4, 0.5) is 0 Å². The Kier molecular flexibility index (Phi) is 10.2. The predicted molar refractivity (Wildman–Crippen MR) is 192 cm³/mol. The third kappa shape index (κ3) is 7.27. The monoisotopic (exact) mass is 725 g/mol. The summed E-state index contributed by atoms with van der Waals surface area (Å²) in [6.07, 6.45) is 1.47. The van der Waals surface area contributed by atoms with E-state index in [0.29, 0.717) is 51.3 Å². The highest BCUT2D eigenvalue weighted by Gasteiger charge is 2.18. The number of hydrazone groups is 1. The van der Waals surface area contributed by atoms with Gasteiger partial charge in [0.25, 0.3) is 0 Å². The number of carbonyl (C=O) groups excluding carboxylic acids is 1. The number of halogens is 2. The number of nitrogens with one attached hydrogen (secondary N) is 1. The summed E-state index contributed by atoms with van der Waals surface area (Å²) in [5.74, 6) is 1.64. The van der Waals surface area contributed by atoms with Crippen molar-refractivity contribution in [2.24, 2.45) is 5.10 Å². The summed E-state index contributed by atoms with van der Waals surface area (Å²) in [4.78, 5) is 12.8. The summed E-state index contributed by atoms with van der Waals surface area (Å²) in [6.45, 7) is 6.89. The van der Waals surface area contributed by atoms with Crippen molar-refractivity contribution in [1.29, 1.82) is 0 Å². The fraction of sp³-hybridized carbons (Fsp3) is 0.158. The number of amides is 1. The van der Waals surface area contributed by atoms with E-state index in [0.717, 1.165) is 33.4 Å². The number of carbonyl (C=O) groups is 1. The van der Waals surface area contributed by atoms with Crippen molar-refractivity contribution >= 4 is 50.4 Å². The van der Waals surface area contributed by atoms with Gasteiger partial charge in [-0.15, -0.1) is 0 Å². The normalized spacial score (nSPS) is 11.3. The second kappa shape index (κ2) is 14.8. The Hall–Kier alpha value is -4.99. The molecule has 48 heavy (non-hydrogen) atoms. The molecule has 0 saturated carbocycles. The lowest BCUT2D eigenvalue weighted by molar-refractivity contribution is 0.0923. The van der Waals surface area contributed by atoms with Crippen LogP contribution in [-0.2, 0) is 13.2 Å². The number of aryl methyl sites for hydroxylation is 2. The first kappa shape index (κ1) is 32.9. The Bertz CT molecular complexity index is 2080. The fourth-order valence-electron chi connectivity index (χ4n) is 5.38. The number of aromatic nitrogens is 1. The van der Waals surface area contributed by atoms with Crippen molar-refractivity contribution in [3.8, 4) is 22.9 Å². The first-order valence-corrected chi connectivity index (χ1v) is 16.5. The Morgan fingerprint density at radius 1 is 0.917 bits per heavy atom. The molecule has 4 aromatic carbocycles. The molecule has 0 fully saturated rings. The number of benzene rings is 4. The van der Waals surface area contributed by atoms with E-state index in [-0.39, 0.29) is 12.4 Å². The van der Waals surface area contributed by atoms with Gasteiger partial charge in [-0.05, 0) is 108 Å². The Morgan fingerprint density at radius 2 is 1.67 bits per heavy atom. The van der Waals surface area contributed by atoms with Gasteiger partial charge < -0.3 is 23.2 Å². The molecular weight excluding hydrogens is 694 g/mol. The summed E-state index contributed by atoms with van der Waals surface area (Å²) in [5.41, 5.74) is 7.49. The highest BCUT2D eigenvalue weighted by atomic mass is 79.9. The van der Waals surface area contributed by atoms with E-state index >= 15 is 0 Å². The molecule has 6 rings (SSSR count). The number of ether oxygens (including phenoxy) is 3. The van der Waals surface area contributed by atoms with Crippen LogP contribution >= 0.6 is 27.5 Å². The van der Waals surface area contributed by atoms with Crippen molar-refractivity contribution < 1.29 is 23.4 Å². The second-order valence-electron chi connectivity index (χ2n) is 11.0. The van der Waals surface area contributed by atoms with Crippen LogP contribution in [-0.4, -0.2) is 23.3 Å². The van der Waals surface area contributed by atoms with E-state index in [9.17, 15) is 4.79 Å². The molecule has 8 nitrogen and oxygen atoms in total. The summed E-state index contributed by atoms with van der Waals surface area (Å²) in [7, 11) is 0. The van der Waals surface area contributed by atoms with Gasteiger partial charge >= 0.3 is 5.91 Å². The third-order valence-corrected chi connectivity index (χ3v) is 9.15. The minimum atomic E-state index is -0.512. The maximum absolute atomic E-state index is 12.8. The zero-order valence-corrected chi connectivity index (χ0v) is 29.0. The molecule has 0 aliphatic carbocycles. The van der Waals surface area contributed by atoms with Crippen LogP contribution in [0, 0.1) is 13.8 Å². The number of hydrogen-bond donors (Lipinski definition) is 1. The van der Waals surface area contributed by atoms with Crippen LogP contribution in [0.3, 0.4) is 0 Å². The molecule has 244 valence electrons. The van der Waals surface area contributed by atoms with Crippen molar-refractivity contribution in [3.05, 3.63) is 141 Å². The summed E-state index contributed by atoms with van der Waals surface area (Å²) in [5, 5.41) is 6.68. The Morgan fingerprint density at radius 3 is 2.44 bits per heavy atom. The lowest BCUT2D eigenvalue weighted by Gasteiger charge is -2.16. The highest BCUT2D eigenvalue weighted by molar-refractivity contribution is 9.10. The first-order valence-electron chi connectivity index (χ1n) is 15.4. The molecule has 0 bridgehead atoms. The van der Waals surface area contributed by atoms with E-state index in [4.69, 9.17) is 30.2 Å². The lowest BCUT2D eigenvalue weighted by Crippen LogP contribution is -2.16. The first-order chi connectivity index (χ1) is 23.3. The van der Waals surface area contributed by atoms with E-state index in [1.807, 2.05) is 55.5 Å². The van der Waals surface area contributed by atoms with E-state index in [1.54, 1.807) is 18.2 Å². The molecule has 0 atom stereocenters. The van der Waals surface area contributed by atoms with E-state index in [2.05, 4.69) is 75.2 Å². The molecule has 0 aliphatic heterocycles. The second-order valence-corrected chi connectivity index (χ2v) is 12.2. The molecule has 0 spiro atoms. The maximum Gasteiger partial charge on any atom is 0.307 e. The van der Waals surface area contributed by atoms with Gasteiger partial charge in [0.2, 0.25) is 0 Å². The van der Waals surface area contributed by atoms with Gasteiger partial charge in [0, 0.05) is 27.1 Å².